The summed E-state index contributed by atoms with van der Waals surface area (Å²) in [5.74, 6) is 1.62. The number of urea groups is 1. The second-order valence-electron chi connectivity index (χ2n) is 7.25. The summed E-state index contributed by atoms with van der Waals surface area (Å²) < 4.78 is 5.76. The molecule has 3 N–H and O–H groups in total. The molecule has 3 amide bonds. The van der Waals surface area contributed by atoms with Gasteiger partial charge < -0.3 is 20.7 Å². The number of para-hydroxylation sites is 2. The van der Waals surface area contributed by atoms with Crippen molar-refractivity contribution in [3.63, 3.8) is 0 Å². The Morgan fingerprint density at radius 2 is 1.09 bits per heavy atom. The Hall–Kier alpha value is -4.23. The van der Waals surface area contributed by atoms with Gasteiger partial charge in [0.25, 0.3) is 0 Å². The van der Waals surface area contributed by atoms with E-state index in [1.165, 1.54) is 11.8 Å². The fourth-order valence-electron chi connectivity index (χ4n) is 3.03. The van der Waals surface area contributed by atoms with Crippen molar-refractivity contribution in [1.82, 2.24) is 0 Å². The Kier molecular flexibility index (Phi) is 7.82. The molecule has 7 heteroatoms. The van der Waals surface area contributed by atoms with Gasteiger partial charge in [0.1, 0.15) is 11.5 Å². The topological polar surface area (TPSA) is 79.5 Å². The highest BCUT2D eigenvalue weighted by Gasteiger charge is 2.06. The molecular formula is C27H23N3O3S. The van der Waals surface area contributed by atoms with Crippen molar-refractivity contribution >= 4 is 40.8 Å². The van der Waals surface area contributed by atoms with Crippen LogP contribution in [0.2, 0.25) is 0 Å². The lowest BCUT2D eigenvalue weighted by Crippen LogP contribution is -2.19. The molecular weight excluding hydrogens is 446 g/mol. The van der Waals surface area contributed by atoms with Gasteiger partial charge in [0, 0.05) is 22.0 Å². The SMILES string of the molecule is O=C(CSc1ccc(NC(=O)Nc2ccccc2)cc1)Nc1ccc(Oc2ccccc2)cc1. The lowest BCUT2D eigenvalue weighted by Gasteiger charge is -2.09. The number of carbonyl (C=O) groups excluding carboxylic acids is 2. The van der Waals surface area contributed by atoms with Crippen molar-refractivity contribution in [2.24, 2.45) is 0 Å². The van der Waals surface area contributed by atoms with Crippen LogP contribution in [0.3, 0.4) is 0 Å². The van der Waals surface area contributed by atoms with Gasteiger partial charge in [0.2, 0.25) is 5.91 Å². The zero-order valence-electron chi connectivity index (χ0n) is 18.2. The molecule has 0 radical (unpaired) electrons. The normalized spacial score (nSPS) is 10.2. The number of ether oxygens (including phenoxy) is 1. The minimum Gasteiger partial charge on any atom is -0.457 e. The fraction of sp³-hybridized carbons (Fsp3) is 0.0370. The first-order chi connectivity index (χ1) is 16.6. The minimum absolute atomic E-state index is 0.105. The van der Waals surface area contributed by atoms with E-state index in [1.54, 1.807) is 12.1 Å². The van der Waals surface area contributed by atoms with Crippen LogP contribution in [0.4, 0.5) is 21.9 Å². The number of rotatable bonds is 8. The molecule has 170 valence electrons. The van der Waals surface area contributed by atoms with Crippen LogP contribution in [0, 0.1) is 0 Å². The zero-order valence-corrected chi connectivity index (χ0v) is 19.0. The molecule has 0 unspecified atom stereocenters. The van der Waals surface area contributed by atoms with E-state index in [0.29, 0.717) is 17.1 Å². The highest BCUT2D eigenvalue weighted by atomic mass is 32.2. The van der Waals surface area contributed by atoms with Crippen LogP contribution < -0.4 is 20.7 Å². The average Bonchev–Trinajstić information content (AvgIpc) is 2.86. The quantitative estimate of drug-likeness (QED) is 0.247. The van der Waals surface area contributed by atoms with Crippen LogP contribution in [0.25, 0.3) is 0 Å². The van der Waals surface area contributed by atoms with Crippen LogP contribution in [-0.4, -0.2) is 17.7 Å². The Morgan fingerprint density at radius 1 is 0.588 bits per heavy atom. The van der Waals surface area contributed by atoms with Gasteiger partial charge in [-0.05, 0) is 72.8 Å². The molecule has 0 fully saturated rings. The molecule has 0 heterocycles. The van der Waals surface area contributed by atoms with E-state index in [2.05, 4.69) is 16.0 Å². The summed E-state index contributed by atoms with van der Waals surface area (Å²) in [6, 6.07) is 33.0. The van der Waals surface area contributed by atoms with Crippen LogP contribution >= 0.6 is 11.8 Å². The van der Waals surface area contributed by atoms with Crippen LogP contribution in [0.15, 0.2) is 114 Å². The molecule has 0 aliphatic carbocycles. The molecule has 0 aromatic heterocycles. The summed E-state index contributed by atoms with van der Waals surface area (Å²) in [4.78, 5) is 25.3. The molecule has 4 aromatic carbocycles. The molecule has 0 spiro atoms. The number of benzene rings is 4. The van der Waals surface area contributed by atoms with Crippen molar-refractivity contribution in [3.8, 4) is 11.5 Å². The maximum Gasteiger partial charge on any atom is 0.323 e. The van der Waals surface area contributed by atoms with E-state index in [-0.39, 0.29) is 17.7 Å². The minimum atomic E-state index is -0.314. The molecule has 0 aliphatic rings. The van der Waals surface area contributed by atoms with E-state index in [9.17, 15) is 9.59 Å². The lowest BCUT2D eigenvalue weighted by molar-refractivity contribution is -0.113. The molecule has 34 heavy (non-hydrogen) atoms. The lowest BCUT2D eigenvalue weighted by atomic mass is 10.3. The summed E-state index contributed by atoms with van der Waals surface area (Å²) in [5.41, 5.74) is 2.09. The van der Waals surface area contributed by atoms with Crippen molar-refractivity contribution in [3.05, 3.63) is 109 Å². The number of thioether (sulfide) groups is 1. The number of hydrogen-bond donors (Lipinski definition) is 3. The van der Waals surface area contributed by atoms with E-state index in [4.69, 9.17) is 4.74 Å². The standard InChI is InChI=1S/C27H23N3O3S/c31-26(28-21-11-15-24(16-12-21)33-23-9-5-2-6-10-23)19-34-25-17-13-22(14-18-25)30-27(32)29-20-7-3-1-4-8-20/h1-18H,19H2,(H,28,31)(H2,29,30,32). The fourth-order valence-corrected chi connectivity index (χ4v) is 3.72. The first-order valence-corrected chi connectivity index (χ1v) is 11.6. The summed E-state index contributed by atoms with van der Waals surface area (Å²) in [7, 11) is 0. The van der Waals surface area contributed by atoms with Crippen LogP contribution in [0.1, 0.15) is 0 Å². The van der Waals surface area contributed by atoms with Crippen molar-refractivity contribution in [2.45, 2.75) is 4.90 Å². The second kappa shape index (κ2) is 11.6. The van der Waals surface area contributed by atoms with Crippen LogP contribution in [0.5, 0.6) is 11.5 Å². The van der Waals surface area contributed by atoms with E-state index in [0.717, 1.165) is 16.3 Å². The molecule has 0 bridgehead atoms. The maximum atomic E-state index is 12.3. The summed E-state index contributed by atoms with van der Waals surface area (Å²) in [5, 5.41) is 8.44. The highest BCUT2D eigenvalue weighted by Crippen LogP contribution is 2.24. The van der Waals surface area contributed by atoms with E-state index < -0.39 is 0 Å². The number of nitrogens with one attached hydrogen (secondary N) is 3. The first kappa shape index (κ1) is 22.9. The third-order valence-electron chi connectivity index (χ3n) is 4.63. The molecule has 0 atom stereocenters. The summed E-state index contributed by atoms with van der Waals surface area (Å²) >= 11 is 1.42. The molecule has 0 saturated heterocycles. The number of anilines is 3. The van der Waals surface area contributed by atoms with Crippen molar-refractivity contribution < 1.29 is 14.3 Å². The van der Waals surface area contributed by atoms with E-state index >= 15 is 0 Å². The van der Waals surface area contributed by atoms with Crippen LogP contribution in [-0.2, 0) is 4.79 Å². The number of hydrogen-bond acceptors (Lipinski definition) is 4. The van der Waals surface area contributed by atoms with Gasteiger partial charge in [0.15, 0.2) is 0 Å². The zero-order chi connectivity index (χ0) is 23.6. The Morgan fingerprint density at radius 3 is 1.74 bits per heavy atom. The molecule has 4 rings (SSSR count). The molecule has 6 nitrogen and oxygen atoms in total. The summed E-state index contributed by atoms with van der Waals surface area (Å²) in [6.07, 6.45) is 0. The summed E-state index contributed by atoms with van der Waals surface area (Å²) in [6.45, 7) is 0. The average molecular weight is 470 g/mol. The molecule has 0 aliphatic heterocycles. The van der Waals surface area contributed by atoms with Gasteiger partial charge in [-0.2, -0.15) is 0 Å². The van der Waals surface area contributed by atoms with Gasteiger partial charge in [-0.1, -0.05) is 36.4 Å². The predicted octanol–water partition coefficient (Wildman–Crippen LogP) is 6.85. The van der Waals surface area contributed by atoms with Gasteiger partial charge in [-0.25, -0.2) is 4.79 Å². The highest BCUT2D eigenvalue weighted by molar-refractivity contribution is 8.00. The molecule has 0 saturated carbocycles. The van der Waals surface area contributed by atoms with E-state index in [1.807, 2.05) is 97.1 Å². The smallest absolute Gasteiger partial charge is 0.323 e. The predicted molar refractivity (Wildman–Crippen MR) is 138 cm³/mol. The second-order valence-corrected chi connectivity index (χ2v) is 8.29. The third kappa shape index (κ3) is 7.15. The number of amides is 3. The van der Waals surface area contributed by atoms with Gasteiger partial charge >= 0.3 is 6.03 Å². The van der Waals surface area contributed by atoms with Gasteiger partial charge in [0.05, 0.1) is 5.75 Å². The third-order valence-corrected chi connectivity index (χ3v) is 5.64. The van der Waals surface area contributed by atoms with Crippen molar-refractivity contribution in [2.75, 3.05) is 21.7 Å². The Labute approximate surface area is 202 Å². The van der Waals surface area contributed by atoms with Crippen molar-refractivity contribution in [1.29, 1.82) is 0 Å². The van der Waals surface area contributed by atoms with Gasteiger partial charge in [-0.3, -0.25) is 4.79 Å². The maximum absolute atomic E-state index is 12.3. The first-order valence-electron chi connectivity index (χ1n) is 10.6. The monoisotopic (exact) mass is 469 g/mol. The Balaban J connectivity index is 1.21. The number of carbonyl (C=O) groups is 2. The Bertz CT molecular complexity index is 1220. The largest absolute Gasteiger partial charge is 0.457 e. The van der Waals surface area contributed by atoms with Gasteiger partial charge in [-0.15, -0.1) is 11.8 Å². The molecule has 4 aromatic rings.